The Morgan fingerprint density at radius 3 is 2.24 bits per heavy atom. The maximum Gasteiger partial charge on any atom is 0.348 e. The number of aromatic nitrogens is 2. The molecule has 0 bridgehead atoms. The van der Waals surface area contributed by atoms with Gasteiger partial charge in [-0.05, 0) is 40.2 Å². The SMILES string of the molecule is CCOC(=O)c1sc(NC(=O)C(C)n2nc(C(F)F)c(Cl)c2C(F)F)c(C(=O)OC(C)C)c1C. The normalized spacial score (nSPS) is 12.4. The molecule has 2 rings (SSSR count). The van der Waals surface area contributed by atoms with Gasteiger partial charge in [0.05, 0.1) is 23.3 Å². The van der Waals surface area contributed by atoms with E-state index in [0.717, 1.165) is 18.3 Å². The Labute approximate surface area is 201 Å². The molecule has 1 amide bonds. The highest BCUT2D eigenvalue weighted by molar-refractivity contribution is 7.18. The van der Waals surface area contributed by atoms with Crippen LogP contribution in [0.4, 0.5) is 22.6 Å². The van der Waals surface area contributed by atoms with Crippen LogP contribution < -0.4 is 5.32 Å². The third kappa shape index (κ3) is 5.69. The molecular formula is C20H22ClF4N3O5S. The number of thiophene rings is 1. The predicted molar refractivity (Wildman–Crippen MR) is 116 cm³/mol. The number of hydrogen-bond acceptors (Lipinski definition) is 7. The molecule has 8 nitrogen and oxygen atoms in total. The minimum atomic E-state index is -3.29. The minimum absolute atomic E-state index is 0.0240. The second-order valence-corrected chi connectivity index (χ2v) is 8.63. The van der Waals surface area contributed by atoms with E-state index in [-0.39, 0.29) is 27.6 Å². The maximum atomic E-state index is 13.5. The van der Waals surface area contributed by atoms with Gasteiger partial charge < -0.3 is 14.8 Å². The van der Waals surface area contributed by atoms with E-state index in [1.807, 2.05) is 0 Å². The van der Waals surface area contributed by atoms with Crippen LogP contribution in [0.25, 0.3) is 0 Å². The van der Waals surface area contributed by atoms with E-state index in [1.54, 1.807) is 20.8 Å². The first-order chi connectivity index (χ1) is 15.8. The number of rotatable bonds is 9. The van der Waals surface area contributed by atoms with Crippen LogP contribution in [0.5, 0.6) is 0 Å². The Kier molecular flexibility index (Phi) is 9.06. The molecular weight excluding hydrogens is 506 g/mol. The smallest absolute Gasteiger partial charge is 0.348 e. The summed E-state index contributed by atoms with van der Waals surface area (Å²) in [6, 6.07) is -1.53. The van der Waals surface area contributed by atoms with Crippen molar-refractivity contribution in [3.8, 4) is 0 Å². The van der Waals surface area contributed by atoms with E-state index in [1.165, 1.54) is 6.92 Å². The zero-order valence-corrected chi connectivity index (χ0v) is 20.3. The number of nitrogens with zero attached hydrogens (tertiary/aromatic N) is 2. The summed E-state index contributed by atoms with van der Waals surface area (Å²) in [6.45, 7) is 7.43. The fourth-order valence-corrected chi connectivity index (χ4v) is 4.30. The molecule has 0 fully saturated rings. The van der Waals surface area contributed by atoms with Gasteiger partial charge in [0.1, 0.15) is 27.3 Å². The Morgan fingerprint density at radius 1 is 1.12 bits per heavy atom. The monoisotopic (exact) mass is 527 g/mol. The third-order valence-corrected chi connectivity index (χ3v) is 6.04. The molecule has 0 aliphatic rings. The van der Waals surface area contributed by atoms with Gasteiger partial charge in [-0.3, -0.25) is 4.79 Å². The van der Waals surface area contributed by atoms with Crippen LogP contribution in [0.2, 0.25) is 5.02 Å². The van der Waals surface area contributed by atoms with Crippen LogP contribution in [0.3, 0.4) is 0 Å². The largest absolute Gasteiger partial charge is 0.462 e. The van der Waals surface area contributed by atoms with Gasteiger partial charge in [-0.15, -0.1) is 11.3 Å². The molecule has 0 aliphatic carbocycles. The molecule has 1 atom stereocenters. The van der Waals surface area contributed by atoms with Gasteiger partial charge in [-0.1, -0.05) is 11.6 Å². The van der Waals surface area contributed by atoms with Crippen molar-refractivity contribution in [1.82, 2.24) is 9.78 Å². The fourth-order valence-electron chi connectivity index (χ4n) is 2.92. The van der Waals surface area contributed by atoms with Crippen molar-refractivity contribution in [1.29, 1.82) is 0 Å². The van der Waals surface area contributed by atoms with E-state index >= 15 is 0 Å². The molecule has 1 N–H and O–H groups in total. The highest BCUT2D eigenvalue weighted by atomic mass is 35.5. The number of carbonyl (C=O) groups is 3. The average Bonchev–Trinajstić information content (AvgIpc) is 3.24. The molecule has 0 aliphatic heterocycles. The van der Waals surface area contributed by atoms with Gasteiger partial charge >= 0.3 is 11.9 Å². The molecule has 0 radical (unpaired) electrons. The van der Waals surface area contributed by atoms with Crippen molar-refractivity contribution in [2.24, 2.45) is 0 Å². The van der Waals surface area contributed by atoms with Crippen molar-refractivity contribution < 1.29 is 41.4 Å². The summed E-state index contributed by atoms with van der Waals surface area (Å²) in [5, 5.41) is 4.73. The number of esters is 2. The second-order valence-electron chi connectivity index (χ2n) is 7.23. The number of ether oxygens (including phenoxy) is 2. The van der Waals surface area contributed by atoms with Crippen LogP contribution in [0.1, 0.15) is 83.6 Å². The number of halogens is 5. The fraction of sp³-hybridized carbons (Fsp3) is 0.500. The van der Waals surface area contributed by atoms with E-state index in [0.29, 0.717) is 4.68 Å². The first-order valence-electron chi connectivity index (χ1n) is 9.98. The van der Waals surface area contributed by atoms with Crippen LogP contribution in [-0.2, 0) is 14.3 Å². The number of hydrogen-bond donors (Lipinski definition) is 1. The van der Waals surface area contributed by atoms with Crippen molar-refractivity contribution in [3.63, 3.8) is 0 Å². The molecule has 0 spiro atoms. The quantitative estimate of drug-likeness (QED) is 0.330. The summed E-state index contributed by atoms with van der Waals surface area (Å²) in [4.78, 5) is 37.8. The van der Waals surface area contributed by atoms with E-state index in [9.17, 15) is 31.9 Å². The number of alkyl halides is 4. The Hall–Kier alpha value is -2.67. The van der Waals surface area contributed by atoms with Gasteiger partial charge in [-0.25, -0.2) is 31.8 Å². The van der Waals surface area contributed by atoms with Crippen molar-refractivity contribution in [2.75, 3.05) is 11.9 Å². The molecule has 34 heavy (non-hydrogen) atoms. The Morgan fingerprint density at radius 2 is 1.74 bits per heavy atom. The zero-order valence-electron chi connectivity index (χ0n) is 18.8. The standard InChI is InChI=1S/C20H22ClF4N3O5S/c1-6-32-20(31)14-8(4)10(19(30)33-7(2)3)18(34-14)26-17(29)9(5)28-13(16(24)25)11(21)12(27-28)15(22)23/h7,9,15-16H,6H2,1-5H3,(H,26,29). The molecule has 188 valence electrons. The van der Waals surface area contributed by atoms with Gasteiger partial charge in [-0.2, -0.15) is 5.10 Å². The predicted octanol–water partition coefficient (Wildman–Crippen LogP) is 5.72. The summed E-state index contributed by atoms with van der Waals surface area (Å²) in [5.41, 5.74) is -2.07. The first-order valence-corrected chi connectivity index (χ1v) is 11.2. The molecule has 0 saturated carbocycles. The lowest BCUT2D eigenvalue weighted by Gasteiger charge is -2.16. The highest BCUT2D eigenvalue weighted by Crippen LogP contribution is 2.38. The van der Waals surface area contributed by atoms with Crippen LogP contribution in [-0.4, -0.2) is 40.3 Å². The maximum absolute atomic E-state index is 13.5. The van der Waals surface area contributed by atoms with Gasteiger partial charge in [0.25, 0.3) is 12.9 Å². The van der Waals surface area contributed by atoms with E-state index < -0.39 is 59.3 Å². The van der Waals surface area contributed by atoms with Gasteiger partial charge in [0.15, 0.2) is 0 Å². The van der Waals surface area contributed by atoms with Crippen molar-refractivity contribution in [2.45, 2.75) is 59.6 Å². The second kappa shape index (κ2) is 11.2. The van der Waals surface area contributed by atoms with Crippen LogP contribution in [0.15, 0.2) is 0 Å². The third-order valence-electron chi connectivity index (χ3n) is 4.46. The summed E-state index contributed by atoms with van der Waals surface area (Å²) in [7, 11) is 0. The van der Waals surface area contributed by atoms with Crippen molar-refractivity contribution >= 4 is 45.8 Å². The molecule has 1 unspecified atom stereocenters. The zero-order chi connectivity index (χ0) is 25.9. The van der Waals surface area contributed by atoms with Gasteiger partial charge in [0, 0.05) is 0 Å². The summed E-state index contributed by atoms with van der Waals surface area (Å²) >= 11 is 6.37. The Bertz CT molecular complexity index is 1090. The lowest BCUT2D eigenvalue weighted by atomic mass is 10.1. The topological polar surface area (TPSA) is 99.5 Å². The summed E-state index contributed by atoms with van der Waals surface area (Å²) in [6.07, 6.45) is -7.06. The number of amides is 1. The molecule has 2 heterocycles. The van der Waals surface area contributed by atoms with Gasteiger partial charge in [0.2, 0.25) is 5.91 Å². The lowest BCUT2D eigenvalue weighted by molar-refractivity contribution is -0.119. The van der Waals surface area contributed by atoms with Crippen LogP contribution in [0, 0.1) is 6.92 Å². The number of anilines is 1. The molecule has 0 saturated heterocycles. The molecule has 2 aromatic heterocycles. The summed E-state index contributed by atoms with van der Waals surface area (Å²) < 4.78 is 63.8. The molecule has 14 heteroatoms. The van der Waals surface area contributed by atoms with E-state index in [4.69, 9.17) is 21.1 Å². The van der Waals surface area contributed by atoms with Crippen LogP contribution >= 0.6 is 22.9 Å². The molecule has 2 aromatic rings. The lowest BCUT2D eigenvalue weighted by Crippen LogP contribution is -2.26. The van der Waals surface area contributed by atoms with E-state index in [2.05, 4.69) is 10.4 Å². The highest BCUT2D eigenvalue weighted by Gasteiger charge is 2.33. The number of nitrogens with one attached hydrogen (secondary N) is 1. The van der Waals surface area contributed by atoms with Crippen molar-refractivity contribution in [3.05, 3.63) is 32.4 Å². The summed E-state index contributed by atoms with van der Waals surface area (Å²) in [5.74, 6) is -2.55. The average molecular weight is 528 g/mol. The Balaban J connectivity index is 2.49. The number of carbonyl (C=O) groups excluding carboxylic acids is 3. The minimum Gasteiger partial charge on any atom is -0.462 e. The molecule has 0 aromatic carbocycles. The first kappa shape index (κ1) is 27.6.